The Hall–Kier alpha value is -3.52. The van der Waals surface area contributed by atoms with Crippen LogP contribution in [0.4, 0.5) is 4.39 Å². The monoisotopic (exact) mass is 422 g/mol. The number of carbonyl (C=O) groups excluding carboxylic acids is 1. The molecule has 8 heteroatoms. The van der Waals surface area contributed by atoms with Crippen LogP contribution < -0.4 is 16.0 Å². The van der Waals surface area contributed by atoms with E-state index in [1.54, 1.807) is 12.1 Å². The van der Waals surface area contributed by atoms with Gasteiger partial charge in [0.1, 0.15) is 23.7 Å². The molecule has 1 aromatic heterocycles. The van der Waals surface area contributed by atoms with E-state index in [4.69, 9.17) is 26.0 Å². The summed E-state index contributed by atoms with van der Waals surface area (Å²) in [6.07, 6.45) is 1.90. The minimum atomic E-state index is -0.963. The van der Waals surface area contributed by atoms with Crippen molar-refractivity contribution in [3.8, 4) is 5.75 Å². The van der Waals surface area contributed by atoms with E-state index in [0.29, 0.717) is 37.4 Å². The SMILES string of the molecule is N=Cn1c(=N)ccc2cc(COc3cc(F)cc(C4(C(N)=O)CCOCC4)c3)ccc21. The topological polar surface area (TPSA) is 114 Å². The van der Waals surface area contributed by atoms with Crippen LogP contribution in [0.2, 0.25) is 0 Å². The Morgan fingerprint density at radius 2 is 1.97 bits per heavy atom. The number of aromatic nitrogens is 1. The largest absolute Gasteiger partial charge is 0.489 e. The molecule has 31 heavy (non-hydrogen) atoms. The van der Waals surface area contributed by atoms with Gasteiger partial charge in [-0.1, -0.05) is 6.07 Å². The van der Waals surface area contributed by atoms with Crippen LogP contribution >= 0.6 is 0 Å². The molecule has 0 saturated carbocycles. The Kier molecular flexibility index (Phi) is 5.56. The fourth-order valence-electron chi connectivity index (χ4n) is 4.05. The van der Waals surface area contributed by atoms with E-state index >= 15 is 0 Å². The lowest BCUT2D eigenvalue weighted by Crippen LogP contribution is -2.45. The van der Waals surface area contributed by atoms with Gasteiger partial charge in [-0.15, -0.1) is 0 Å². The summed E-state index contributed by atoms with van der Waals surface area (Å²) in [5.41, 5.74) is 7.05. The molecule has 0 radical (unpaired) electrons. The minimum absolute atomic E-state index is 0.193. The molecular weight excluding hydrogens is 399 g/mol. The molecular formula is C23H23FN4O3. The quantitative estimate of drug-likeness (QED) is 0.419. The van der Waals surface area contributed by atoms with Crippen LogP contribution in [0.3, 0.4) is 0 Å². The summed E-state index contributed by atoms with van der Waals surface area (Å²) >= 11 is 0. The molecule has 0 atom stereocenters. The van der Waals surface area contributed by atoms with Crippen LogP contribution in [-0.4, -0.2) is 30.0 Å². The molecule has 0 aliphatic carbocycles. The second-order valence-corrected chi connectivity index (χ2v) is 7.63. The van der Waals surface area contributed by atoms with Crippen molar-refractivity contribution < 1.29 is 18.7 Å². The number of halogens is 1. The average molecular weight is 422 g/mol. The second kappa shape index (κ2) is 8.31. The number of hydrogen-bond donors (Lipinski definition) is 3. The number of nitrogens with one attached hydrogen (secondary N) is 2. The van der Waals surface area contributed by atoms with Crippen LogP contribution in [0.5, 0.6) is 5.75 Å². The van der Waals surface area contributed by atoms with Crippen LogP contribution in [0, 0.1) is 16.6 Å². The number of benzene rings is 2. The van der Waals surface area contributed by atoms with Gasteiger partial charge >= 0.3 is 0 Å². The van der Waals surface area contributed by atoms with Crippen LogP contribution in [0.15, 0.2) is 48.5 Å². The number of pyridine rings is 1. The molecule has 4 rings (SSSR count). The first kappa shape index (κ1) is 20.7. The van der Waals surface area contributed by atoms with E-state index in [-0.39, 0.29) is 12.1 Å². The maximum atomic E-state index is 14.4. The number of primary amides is 1. The Bertz CT molecular complexity index is 1220. The van der Waals surface area contributed by atoms with E-state index < -0.39 is 17.1 Å². The third-order valence-electron chi connectivity index (χ3n) is 5.81. The molecule has 1 saturated heterocycles. The maximum Gasteiger partial charge on any atom is 0.228 e. The minimum Gasteiger partial charge on any atom is -0.489 e. The highest BCUT2D eigenvalue weighted by molar-refractivity contribution is 5.87. The summed E-state index contributed by atoms with van der Waals surface area (Å²) in [4.78, 5) is 12.3. The van der Waals surface area contributed by atoms with Gasteiger partial charge in [0, 0.05) is 19.3 Å². The van der Waals surface area contributed by atoms with E-state index in [1.807, 2.05) is 24.3 Å². The van der Waals surface area contributed by atoms with E-state index in [1.165, 1.54) is 16.7 Å². The Morgan fingerprint density at radius 1 is 1.19 bits per heavy atom. The Labute approximate surface area is 178 Å². The molecule has 1 amide bonds. The summed E-state index contributed by atoms with van der Waals surface area (Å²) in [6, 6.07) is 13.3. The fraction of sp³-hybridized carbons (Fsp3) is 0.261. The van der Waals surface area contributed by atoms with Gasteiger partial charge in [0.15, 0.2) is 0 Å². The smallest absolute Gasteiger partial charge is 0.228 e. The number of ether oxygens (including phenoxy) is 2. The van der Waals surface area contributed by atoms with Gasteiger partial charge in [-0.3, -0.25) is 20.2 Å². The predicted octanol–water partition coefficient (Wildman–Crippen LogP) is 2.83. The third kappa shape index (κ3) is 3.94. The van der Waals surface area contributed by atoms with Gasteiger partial charge in [0.25, 0.3) is 0 Å². The Balaban J connectivity index is 1.60. The Morgan fingerprint density at radius 3 is 2.68 bits per heavy atom. The molecule has 2 aromatic carbocycles. The van der Waals surface area contributed by atoms with Gasteiger partial charge in [-0.2, -0.15) is 0 Å². The summed E-state index contributed by atoms with van der Waals surface area (Å²) < 4.78 is 27.0. The number of nitrogens with two attached hydrogens (primary N) is 1. The highest BCUT2D eigenvalue weighted by atomic mass is 19.1. The van der Waals surface area contributed by atoms with E-state index in [9.17, 15) is 9.18 Å². The van der Waals surface area contributed by atoms with Gasteiger partial charge < -0.3 is 15.2 Å². The van der Waals surface area contributed by atoms with Crippen molar-refractivity contribution in [1.82, 2.24) is 4.57 Å². The predicted molar refractivity (Wildman–Crippen MR) is 114 cm³/mol. The molecule has 7 nitrogen and oxygen atoms in total. The maximum absolute atomic E-state index is 14.4. The van der Waals surface area contributed by atoms with Crippen molar-refractivity contribution in [3.63, 3.8) is 0 Å². The van der Waals surface area contributed by atoms with Crippen molar-refractivity contribution in [2.24, 2.45) is 5.73 Å². The van der Waals surface area contributed by atoms with Crippen molar-refractivity contribution in [3.05, 3.63) is 71.0 Å². The van der Waals surface area contributed by atoms with Crippen molar-refractivity contribution in [2.45, 2.75) is 24.9 Å². The standard InChI is InChI=1S/C23H23FN4O3/c24-18-10-17(23(22(27)29)5-7-30-8-6-23)11-19(12-18)31-13-15-1-3-20-16(9-15)2-4-21(26)28(20)14-25/h1-4,9-12,14,25-26H,5-8,13H2,(H2,27,29). The van der Waals surface area contributed by atoms with E-state index in [0.717, 1.165) is 22.8 Å². The highest BCUT2D eigenvalue weighted by Crippen LogP contribution is 2.37. The zero-order chi connectivity index (χ0) is 22.0. The molecule has 0 bridgehead atoms. The lowest BCUT2D eigenvalue weighted by atomic mass is 9.73. The van der Waals surface area contributed by atoms with Gasteiger partial charge in [-0.05, 0) is 65.8 Å². The molecule has 160 valence electrons. The summed E-state index contributed by atoms with van der Waals surface area (Å²) in [6.45, 7) is 0.976. The number of fused-ring (bicyclic) bond motifs is 1. The normalized spacial score (nSPS) is 15.5. The number of amides is 1. The van der Waals surface area contributed by atoms with Crippen LogP contribution in [0.25, 0.3) is 10.9 Å². The number of rotatable bonds is 6. The van der Waals surface area contributed by atoms with Gasteiger partial charge in [0.05, 0.1) is 17.3 Å². The van der Waals surface area contributed by atoms with Crippen molar-refractivity contribution in [1.29, 1.82) is 10.8 Å². The first-order valence-electron chi connectivity index (χ1n) is 9.94. The third-order valence-corrected chi connectivity index (χ3v) is 5.81. The first-order valence-corrected chi connectivity index (χ1v) is 9.94. The molecule has 3 aromatic rings. The van der Waals surface area contributed by atoms with Gasteiger partial charge in [0.2, 0.25) is 5.91 Å². The summed E-state index contributed by atoms with van der Waals surface area (Å²) in [7, 11) is 0. The summed E-state index contributed by atoms with van der Waals surface area (Å²) in [5.74, 6) is -0.665. The number of hydrogen-bond acceptors (Lipinski definition) is 5. The summed E-state index contributed by atoms with van der Waals surface area (Å²) in [5, 5.41) is 16.2. The van der Waals surface area contributed by atoms with Gasteiger partial charge in [-0.25, -0.2) is 4.39 Å². The lowest BCUT2D eigenvalue weighted by molar-refractivity contribution is -0.127. The van der Waals surface area contributed by atoms with E-state index in [2.05, 4.69) is 0 Å². The van der Waals surface area contributed by atoms with Crippen LogP contribution in [0.1, 0.15) is 24.0 Å². The molecule has 1 aliphatic rings. The zero-order valence-corrected chi connectivity index (χ0v) is 16.9. The first-order chi connectivity index (χ1) is 14.9. The highest BCUT2D eigenvalue weighted by Gasteiger charge is 2.40. The van der Waals surface area contributed by atoms with Crippen molar-refractivity contribution in [2.75, 3.05) is 13.2 Å². The molecule has 2 heterocycles. The number of nitrogens with zero attached hydrogens (tertiary/aromatic N) is 1. The molecule has 1 aliphatic heterocycles. The number of carbonyl (C=O) groups is 1. The molecule has 1 fully saturated rings. The second-order valence-electron chi connectivity index (χ2n) is 7.63. The van der Waals surface area contributed by atoms with Crippen molar-refractivity contribution >= 4 is 23.1 Å². The molecule has 0 spiro atoms. The molecule has 4 N–H and O–H groups in total. The fourth-order valence-corrected chi connectivity index (χ4v) is 4.05. The lowest BCUT2D eigenvalue weighted by Gasteiger charge is -2.34. The van der Waals surface area contributed by atoms with Crippen LogP contribution in [-0.2, 0) is 21.6 Å². The molecule has 0 unspecified atom stereocenters. The zero-order valence-electron chi connectivity index (χ0n) is 16.9. The average Bonchev–Trinajstić information content (AvgIpc) is 2.77.